The molecule has 0 rings (SSSR count). The summed E-state index contributed by atoms with van der Waals surface area (Å²) in [6.45, 7) is 2.05. The van der Waals surface area contributed by atoms with Crippen molar-refractivity contribution in [1.29, 1.82) is 0 Å². The summed E-state index contributed by atoms with van der Waals surface area (Å²) in [5.41, 5.74) is 0. The zero-order chi connectivity index (χ0) is 9.23. The maximum Gasteiger partial charge on any atom is 0.132 e. The van der Waals surface area contributed by atoms with E-state index in [4.69, 9.17) is 11.6 Å². The summed E-state index contributed by atoms with van der Waals surface area (Å²) in [6, 6.07) is 0. The van der Waals surface area contributed by atoms with Crippen molar-refractivity contribution >= 4 is 17.4 Å². The fraction of sp³-hybridized carbons (Fsp3) is 0.900. The van der Waals surface area contributed by atoms with Gasteiger partial charge in [-0.25, -0.2) is 0 Å². The first kappa shape index (κ1) is 12.0. The second kappa shape index (κ2) is 9.05. The lowest BCUT2D eigenvalue weighted by Gasteiger charge is -1.98. The minimum absolute atomic E-state index is 0.420. The van der Waals surface area contributed by atoms with E-state index in [-0.39, 0.29) is 0 Å². The third-order valence-corrected chi connectivity index (χ3v) is 2.14. The van der Waals surface area contributed by atoms with Crippen molar-refractivity contribution in [2.24, 2.45) is 0 Å². The Bertz CT molecular complexity index is 112. The van der Waals surface area contributed by atoms with Gasteiger partial charge in [0.2, 0.25) is 0 Å². The Balaban J connectivity index is 3.03. The highest BCUT2D eigenvalue weighted by Crippen LogP contribution is 2.06. The number of hydrogen-bond acceptors (Lipinski definition) is 1. The van der Waals surface area contributed by atoms with Crippen LogP contribution in [-0.4, -0.2) is 11.7 Å². The number of ketones is 1. The van der Waals surface area contributed by atoms with E-state index in [9.17, 15) is 4.79 Å². The van der Waals surface area contributed by atoms with E-state index in [0.717, 1.165) is 44.4 Å². The molecule has 0 aromatic heterocycles. The number of hydrogen-bond donors (Lipinski definition) is 0. The monoisotopic (exact) mass is 190 g/mol. The lowest BCUT2D eigenvalue weighted by Crippen LogP contribution is -1.96. The molecule has 12 heavy (non-hydrogen) atoms. The van der Waals surface area contributed by atoms with E-state index in [2.05, 4.69) is 0 Å². The van der Waals surface area contributed by atoms with Crippen LogP contribution < -0.4 is 0 Å². The van der Waals surface area contributed by atoms with Crippen LogP contribution in [0, 0.1) is 0 Å². The summed E-state index contributed by atoms with van der Waals surface area (Å²) in [6.07, 6.45) is 6.98. The summed E-state index contributed by atoms with van der Waals surface area (Å²) >= 11 is 5.53. The Hall–Kier alpha value is -0.0400. The minimum Gasteiger partial charge on any atom is -0.300 e. The first-order valence-electron chi connectivity index (χ1n) is 4.89. The van der Waals surface area contributed by atoms with E-state index in [1.807, 2.05) is 6.92 Å². The van der Waals surface area contributed by atoms with Crippen molar-refractivity contribution in [3.8, 4) is 0 Å². The number of carbonyl (C=O) groups is 1. The maximum atomic E-state index is 11.0. The molecule has 0 saturated heterocycles. The lowest BCUT2D eigenvalue weighted by atomic mass is 10.1. The largest absolute Gasteiger partial charge is 0.300 e. The number of alkyl halides is 1. The van der Waals surface area contributed by atoms with Crippen molar-refractivity contribution in [2.45, 2.75) is 51.9 Å². The third-order valence-electron chi connectivity index (χ3n) is 1.87. The molecule has 1 nitrogen and oxygen atoms in total. The van der Waals surface area contributed by atoms with Crippen molar-refractivity contribution in [3.05, 3.63) is 0 Å². The Morgan fingerprint density at radius 1 is 1.08 bits per heavy atom. The van der Waals surface area contributed by atoms with Crippen LogP contribution in [0.1, 0.15) is 51.9 Å². The average molecular weight is 191 g/mol. The van der Waals surface area contributed by atoms with E-state index in [1.165, 1.54) is 6.42 Å². The molecule has 0 heterocycles. The molecule has 0 amide bonds. The SMILES string of the molecule is CCCC(=O)CCCCCCCl. The van der Waals surface area contributed by atoms with E-state index in [1.54, 1.807) is 0 Å². The van der Waals surface area contributed by atoms with Gasteiger partial charge in [-0.3, -0.25) is 4.79 Å². The fourth-order valence-electron chi connectivity index (χ4n) is 1.17. The Morgan fingerprint density at radius 2 is 1.75 bits per heavy atom. The standard InChI is InChI=1S/C10H19ClO/c1-2-7-10(12)8-5-3-4-6-9-11/h2-9H2,1H3. The van der Waals surface area contributed by atoms with Gasteiger partial charge in [0.15, 0.2) is 0 Å². The molecule has 0 atom stereocenters. The predicted octanol–water partition coefficient (Wildman–Crippen LogP) is 3.54. The molecule has 0 unspecified atom stereocenters. The molecule has 0 aromatic carbocycles. The topological polar surface area (TPSA) is 17.1 Å². The summed E-state index contributed by atoms with van der Waals surface area (Å²) in [7, 11) is 0. The highest BCUT2D eigenvalue weighted by molar-refractivity contribution is 6.17. The van der Waals surface area contributed by atoms with Crippen LogP contribution in [0.4, 0.5) is 0 Å². The smallest absolute Gasteiger partial charge is 0.132 e. The molecule has 2 heteroatoms. The van der Waals surface area contributed by atoms with Crippen LogP contribution in [0.25, 0.3) is 0 Å². The Morgan fingerprint density at radius 3 is 2.33 bits per heavy atom. The highest BCUT2D eigenvalue weighted by atomic mass is 35.5. The molecule has 0 aliphatic carbocycles. The van der Waals surface area contributed by atoms with E-state index in [0.29, 0.717) is 5.78 Å². The van der Waals surface area contributed by atoms with Gasteiger partial charge in [0.25, 0.3) is 0 Å². The molecular weight excluding hydrogens is 172 g/mol. The normalized spacial score (nSPS) is 10.2. The zero-order valence-corrected chi connectivity index (χ0v) is 8.70. The minimum atomic E-state index is 0.420. The maximum absolute atomic E-state index is 11.0. The zero-order valence-electron chi connectivity index (χ0n) is 7.94. The van der Waals surface area contributed by atoms with Crippen LogP contribution in [-0.2, 0) is 4.79 Å². The van der Waals surface area contributed by atoms with Gasteiger partial charge in [-0.2, -0.15) is 0 Å². The number of carbonyl (C=O) groups excluding carboxylic acids is 1. The van der Waals surface area contributed by atoms with Crippen LogP contribution >= 0.6 is 11.6 Å². The second-order valence-electron chi connectivity index (χ2n) is 3.14. The molecule has 0 saturated carbocycles. The van der Waals surface area contributed by atoms with Crippen LogP contribution in [0.5, 0.6) is 0 Å². The number of rotatable bonds is 8. The van der Waals surface area contributed by atoms with E-state index < -0.39 is 0 Å². The number of halogens is 1. The second-order valence-corrected chi connectivity index (χ2v) is 3.52. The molecule has 0 aliphatic heterocycles. The van der Waals surface area contributed by atoms with Crippen molar-refractivity contribution in [1.82, 2.24) is 0 Å². The molecule has 0 aliphatic rings. The highest BCUT2D eigenvalue weighted by Gasteiger charge is 1.98. The summed E-state index contributed by atoms with van der Waals surface area (Å²) < 4.78 is 0. The Kier molecular flexibility index (Phi) is 9.02. The van der Waals surface area contributed by atoms with Crippen LogP contribution in [0.2, 0.25) is 0 Å². The van der Waals surface area contributed by atoms with Crippen LogP contribution in [0.15, 0.2) is 0 Å². The summed E-state index contributed by atoms with van der Waals surface area (Å²) in [4.78, 5) is 11.0. The van der Waals surface area contributed by atoms with Gasteiger partial charge in [-0.1, -0.05) is 19.8 Å². The van der Waals surface area contributed by atoms with Gasteiger partial charge in [0.05, 0.1) is 0 Å². The molecule has 0 radical (unpaired) electrons. The quantitative estimate of drug-likeness (QED) is 0.423. The van der Waals surface area contributed by atoms with Crippen molar-refractivity contribution in [2.75, 3.05) is 5.88 Å². The molecular formula is C10H19ClO. The average Bonchev–Trinajstić information content (AvgIpc) is 2.05. The third kappa shape index (κ3) is 8.06. The van der Waals surface area contributed by atoms with E-state index >= 15 is 0 Å². The number of unbranched alkanes of at least 4 members (excludes halogenated alkanes) is 3. The van der Waals surface area contributed by atoms with Gasteiger partial charge in [-0.05, 0) is 19.3 Å². The molecule has 72 valence electrons. The van der Waals surface area contributed by atoms with Crippen LogP contribution in [0.3, 0.4) is 0 Å². The van der Waals surface area contributed by atoms with Gasteiger partial charge in [-0.15, -0.1) is 11.6 Å². The van der Waals surface area contributed by atoms with Crippen molar-refractivity contribution < 1.29 is 4.79 Å². The number of Topliss-reactive ketones (excluding diaryl/α,β-unsaturated/α-hetero) is 1. The molecule has 0 aromatic rings. The first-order chi connectivity index (χ1) is 5.81. The molecule has 0 spiro atoms. The molecule has 0 fully saturated rings. The fourth-order valence-corrected chi connectivity index (χ4v) is 1.36. The van der Waals surface area contributed by atoms with Gasteiger partial charge in [0.1, 0.15) is 5.78 Å². The van der Waals surface area contributed by atoms with Gasteiger partial charge < -0.3 is 0 Å². The first-order valence-corrected chi connectivity index (χ1v) is 5.42. The van der Waals surface area contributed by atoms with Gasteiger partial charge in [0, 0.05) is 18.7 Å². The summed E-state index contributed by atoms with van der Waals surface area (Å²) in [5.74, 6) is 1.17. The van der Waals surface area contributed by atoms with Gasteiger partial charge >= 0.3 is 0 Å². The summed E-state index contributed by atoms with van der Waals surface area (Å²) in [5, 5.41) is 0. The lowest BCUT2D eigenvalue weighted by molar-refractivity contribution is -0.119. The predicted molar refractivity (Wildman–Crippen MR) is 53.7 cm³/mol. The molecule has 0 bridgehead atoms. The Labute approximate surface area is 80.5 Å². The molecule has 0 N–H and O–H groups in total. The van der Waals surface area contributed by atoms with Crippen molar-refractivity contribution in [3.63, 3.8) is 0 Å².